The van der Waals surface area contributed by atoms with Crippen LogP contribution in [0.25, 0.3) is 11.1 Å². The fourth-order valence-corrected chi connectivity index (χ4v) is 3.88. The molecule has 0 radical (unpaired) electrons. The second kappa shape index (κ2) is 9.28. The first-order valence-corrected chi connectivity index (χ1v) is 10.9. The molecule has 33 heavy (non-hydrogen) atoms. The average Bonchev–Trinajstić information content (AvgIpc) is 3.29. The molecule has 1 fully saturated rings. The molecule has 5 rings (SSSR count). The first kappa shape index (κ1) is 20.9. The SMILES string of the molecule is O=C(NCc1ccc(Oc2ccc(F)cc2)nc1)N1CCC(c2nc3ccccc3o2)CC1. The van der Waals surface area contributed by atoms with E-state index in [1.165, 1.54) is 12.1 Å². The minimum Gasteiger partial charge on any atom is -0.440 e. The van der Waals surface area contributed by atoms with Gasteiger partial charge in [0.2, 0.25) is 5.88 Å². The van der Waals surface area contributed by atoms with Gasteiger partial charge in [-0.05, 0) is 54.8 Å². The van der Waals surface area contributed by atoms with Crippen molar-refractivity contribution in [1.82, 2.24) is 20.2 Å². The van der Waals surface area contributed by atoms with Gasteiger partial charge in [-0.15, -0.1) is 0 Å². The normalized spacial score (nSPS) is 14.4. The molecule has 1 saturated heterocycles. The van der Waals surface area contributed by atoms with Crippen molar-refractivity contribution in [3.8, 4) is 11.6 Å². The molecule has 8 heteroatoms. The molecule has 2 amide bonds. The second-order valence-electron chi connectivity index (χ2n) is 8.00. The number of oxazole rings is 1. The maximum Gasteiger partial charge on any atom is 0.317 e. The molecule has 0 atom stereocenters. The quantitative estimate of drug-likeness (QED) is 0.453. The molecule has 0 spiro atoms. The van der Waals surface area contributed by atoms with Crippen LogP contribution in [-0.2, 0) is 6.54 Å². The van der Waals surface area contributed by atoms with E-state index in [2.05, 4.69) is 15.3 Å². The molecule has 0 bridgehead atoms. The Kier molecular flexibility index (Phi) is 5.89. The molecular formula is C25H23FN4O3. The highest BCUT2D eigenvalue weighted by molar-refractivity contribution is 5.74. The molecule has 1 aliphatic rings. The third-order valence-electron chi connectivity index (χ3n) is 5.72. The number of piperidine rings is 1. The number of halogens is 1. The highest BCUT2D eigenvalue weighted by Crippen LogP contribution is 2.30. The van der Waals surface area contributed by atoms with Crippen LogP contribution in [0.3, 0.4) is 0 Å². The van der Waals surface area contributed by atoms with Crippen molar-refractivity contribution in [2.75, 3.05) is 13.1 Å². The third kappa shape index (κ3) is 4.95. The smallest absolute Gasteiger partial charge is 0.317 e. The summed E-state index contributed by atoms with van der Waals surface area (Å²) in [6, 6.07) is 16.9. The number of aromatic nitrogens is 2. The van der Waals surface area contributed by atoms with Crippen molar-refractivity contribution in [2.24, 2.45) is 0 Å². The fraction of sp³-hybridized carbons (Fsp3) is 0.240. The van der Waals surface area contributed by atoms with E-state index in [1.807, 2.05) is 35.2 Å². The zero-order chi connectivity index (χ0) is 22.6. The number of carbonyl (C=O) groups is 1. The van der Waals surface area contributed by atoms with Gasteiger partial charge in [-0.1, -0.05) is 18.2 Å². The number of nitrogens with one attached hydrogen (secondary N) is 1. The minimum atomic E-state index is -0.322. The van der Waals surface area contributed by atoms with Gasteiger partial charge in [0.1, 0.15) is 17.1 Å². The monoisotopic (exact) mass is 446 g/mol. The Morgan fingerprint density at radius 2 is 1.88 bits per heavy atom. The van der Waals surface area contributed by atoms with E-state index < -0.39 is 0 Å². The van der Waals surface area contributed by atoms with Crippen molar-refractivity contribution in [2.45, 2.75) is 25.3 Å². The number of fused-ring (bicyclic) bond motifs is 1. The molecule has 0 unspecified atom stereocenters. The summed E-state index contributed by atoms with van der Waals surface area (Å²) in [6.45, 7) is 1.67. The molecule has 7 nitrogen and oxygen atoms in total. The number of hydrogen-bond donors (Lipinski definition) is 1. The number of nitrogens with zero attached hydrogens (tertiary/aromatic N) is 3. The predicted octanol–water partition coefficient (Wildman–Crippen LogP) is 5.24. The number of likely N-dealkylation sites (tertiary alicyclic amines) is 1. The van der Waals surface area contributed by atoms with Crippen LogP contribution in [-0.4, -0.2) is 34.0 Å². The molecule has 0 aliphatic carbocycles. The van der Waals surface area contributed by atoms with Crippen LogP contribution in [0.2, 0.25) is 0 Å². The van der Waals surface area contributed by atoms with Crippen LogP contribution in [0.15, 0.2) is 71.3 Å². The van der Waals surface area contributed by atoms with Gasteiger partial charge in [0.05, 0.1) is 0 Å². The summed E-state index contributed by atoms with van der Waals surface area (Å²) in [4.78, 5) is 23.3. The molecule has 168 valence electrons. The summed E-state index contributed by atoms with van der Waals surface area (Å²) in [5, 5.41) is 2.95. The van der Waals surface area contributed by atoms with Crippen molar-refractivity contribution in [1.29, 1.82) is 0 Å². The lowest BCUT2D eigenvalue weighted by molar-refractivity contribution is 0.177. The molecule has 4 aromatic rings. The summed E-state index contributed by atoms with van der Waals surface area (Å²) < 4.78 is 24.5. The van der Waals surface area contributed by atoms with Crippen LogP contribution in [0.4, 0.5) is 9.18 Å². The Labute approximate surface area is 190 Å². The van der Waals surface area contributed by atoms with Crippen LogP contribution < -0.4 is 10.1 Å². The first-order valence-electron chi connectivity index (χ1n) is 10.9. The molecule has 3 heterocycles. The summed E-state index contributed by atoms with van der Waals surface area (Å²) >= 11 is 0. The fourth-order valence-electron chi connectivity index (χ4n) is 3.88. The van der Waals surface area contributed by atoms with E-state index in [1.54, 1.807) is 24.4 Å². The van der Waals surface area contributed by atoms with Crippen molar-refractivity contribution in [3.05, 3.63) is 84.1 Å². The van der Waals surface area contributed by atoms with E-state index in [4.69, 9.17) is 9.15 Å². The second-order valence-corrected chi connectivity index (χ2v) is 8.00. The highest BCUT2D eigenvalue weighted by atomic mass is 19.1. The maximum atomic E-state index is 13.0. The van der Waals surface area contributed by atoms with E-state index in [9.17, 15) is 9.18 Å². The molecular weight excluding hydrogens is 423 g/mol. The number of benzene rings is 2. The van der Waals surface area contributed by atoms with Gasteiger partial charge < -0.3 is 19.4 Å². The van der Waals surface area contributed by atoms with Gasteiger partial charge in [0, 0.05) is 37.8 Å². The summed E-state index contributed by atoms with van der Waals surface area (Å²) in [5.74, 6) is 1.56. The largest absolute Gasteiger partial charge is 0.440 e. The first-order chi connectivity index (χ1) is 16.1. The molecule has 2 aromatic heterocycles. The Morgan fingerprint density at radius 1 is 1.09 bits per heavy atom. The number of rotatable bonds is 5. The minimum absolute atomic E-state index is 0.0994. The van der Waals surface area contributed by atoms with Gasteiger partial charge in [-0.25, -0.2) is 19.2 Å². The predicted molar refractivity (Wildman–Crippen MR) is 121 cm³/mol. The zero-order valence-corrected chi connectivity index (χ0v) is 17.9. The number of urea groups is 1. The Hall–Kier alpha value is -3.94. The summed E-state index contributed by atoms with van der Waals surface area (Å²) in [5.41, 5.74) is 2.53. The van der Waals surface area contributed by atoms with Crippen LogP contribution in [0.1, 0.15) is 30.2 Å². The van der Waals surface area contributed by atoms with Gasteiger partial charge in [-0.3, -0.25) is 0 Å². The van der Waals surface area contributed by atoms with Crippen molar-refractivity contribution in [3.63, 3.8) is 0 Å². The highest BCUT2D eigenvalue weighted by Gasteiger charge is 2.27. The lowest BCUT2D eigenvalue weighted by Crippen LogP contribution is -2.43. The Morgan fingerprint density at radius 3 is 2.61 bits per heavy atom. The maximum absolute atomic E-state index is 13.0. The molecule has 2 aromatic carbocycles. The lowest BCUT2D eigenvalue weighted by Gasteiger charge is -2.30. The number of ether oxygens (including phenoxy) is 1. The van der Waals surface area contributed by atoms with Crippen LogP contribution >= 0.6 is 0 Å². The number of carbonyl (C=O) groups excluding carboxylic acids is 1. The third-order valence-corrected chi connectivity index (χ3v) is 5.72. The molecule has 1 N–H and O–H groups in total. The number of amides is 2. The standard InChI is InChI=1S/C25H23FN4O3/c26-19-6-8-20(9-7-19)32-23-10-5-17(15-27-23)16-28-25(31)30-13-11-18(12-14-30)24-29-21-3-1-2-4-22(21)33-24/h1-10,15,18H,11-14,16H2,(H,28,31). The van der Waals surface area contributed by atoms with Crippen molar-refractivity contribution < 1.29 is 18.3 Å². The van der Waals surface area contributed by atoms with E-state index in [0.29, 0.717) is 31.3 Å². The molecule has 1 aliphatic heterocycles. The van der Waals surface area contributed by atoms with E-state index in [0.717, 1.165) is 35.4 Å². The van der Waals surface area contributed by atoms with Gasteiger partial charge >= 0.3 is 6.03 Å². The van der Waals surface area contributed by atoms with Crippen molar-refractivity contribution >= 4 is 17.1 Å². The Balaban J connectivity index is 1.10. The van der Waals surface area contributed by atoms with Gasteiger partial charge in [0.25, 0.3) is 0 Å². The number of pyridine rings is 1. The number of hydrogen-bond acceptors (Lipinski definition) is 5. The zero-order valence-electron chi connectivity index (χ0n) is 17.9. The summed E-state index contributed by atoms with van der Waals surface area (Å²) in [7, 11) is 0. The Bertz CT molecular complexity index is 1200. The van der Waals surface area contributed by atoms with Gasteiger partial charge in [0.15, 0.2) is 11.5 Å². The van der Waals surface area contributed by atoms with E-state index >= 15 is 0 Å². The topological polar surface area (TPSA) is 80.5 Å². The van der Waals surface area contributed by atoms with Crippen LogP contribution in [0.5, 0.6) is 11.6 Å². The number of para-hydroxylation sites is 2. The van der Waals surface area contributed by atoms with E-state index in [-0.39, 0.29) is 17.8 Å². The molecule has 0 saturated carbocycles. The summed E-state index contributed by atoms with van der Waals surface area (Å²) in [6.07, 6.45) is 3.28. The van der Waals surface area contributed by atoms with Gasteiger partial charge in [-0.2, -0.15) is 0 Å². The van der Waals surface area contributed by atoms with Crippen LogP contribution in [0, 0.1) is 5.82 Å². The average molecular weight is 446 g/mol. The lowest BCUT2D eigenvalue weighted by atomic mass is 9.97.